The maximum absolute atomic E-state index is 13.3. The molecule has 1 N–H and O–H groups in total. The number of carbonyl (C=O) groups excluding carboxylic acids is 2. The summed E-state index contributed by atoms with van der Waals surface area (Å²) in [5.41, 5.74) is 1.71. The zero-order chi connectivity index (χ0) is 21.9. The number of carbonyl (C=O) groups is 2. The van der Waals surface area contributed by atoms with Crippen LogP contribution in [0.3, 0.4) is 0 Å². The molecule has 0 radical (unpaired) electrons. The van der Waals surface area contributed by atoms with Crippen LogP contribution in [0.2, 0.25) is 0 Å². The zero-order valence-electron chi connectivity index (χ0n) is 16.8. The van der Waals surface area contributed by atoms with Crippen LogP contribution in [0.4, 0.5) is 5.69 Å². The van der Waals surface area contributed by atoms with Gasteiger partial charge in [0.05, 0.1) is 13.7 Å². The first-order valence-electron chi connectivity index (χ1n) is 9.23. The van der Waals surface area contributed by atoms with Gasteiger partial charge >= 0.3 is 5.97 Å². The fraction of sp³-hybridized carbons (Fsp3) is 0.238. The highest BCUT2D eigenvalue weighted by molar-refractivity contribution is 7.89. The quantitative estimate of drug-likeness (QED) is 0.561. The van der Waals surface area contributed by atoms with Gasteiger partial charge in [0.15, 0.2) is 0 Å². The van der Waals surface area contributed by atoms with Crippen molar-refractivity contribution in [2.45, 2.75) is 18.2 Å². The van der Waals surface area contributed by atoms with Gasteiger partial charge in [0, 0.05) is 22.8 Å². The number of hydrogen-bond acceptors (Lipinski definition) is 6. The predicted molar refractivity (Wildman–Crippen MR) is 117 cm³/mol. The third-order valence-corrected chi connectivity index (χ3v) is 7.77. The van der Waals surface area contributed by atoms with Crippen molar-refractivity contribution in [1.82, 2.24) is 4.31 Å². The number of ether oxygens (including phenoxy) is 1. The lowest BCUT2D eigenvalue weighted by Crippen LogP contribution is -2.35. The standard InChI is InChI=1S/C21H22N2O5S2/c1-4-14-9-11-15(12-10-14)22-18(24)13-23(2)30(26,27)20-16-7-5-6-8-17(16)29-19(20)21(25)28-3/h5-12H,4,13H2,1-3H3,(H,22,24). The molecule has 30 heavy (non-hydrogen) atoms. The Morgan fingerprint density at radius 2 is 1.77 bits per heavy atom. The average Bonchev–Trinajstić information content (AvgIpc) is 3.14. The molecule has 7 nitrogen and oxygen atoms in total. The van der Waals surface area contributed by atoms with Crippen LogP contribution in [0.15, 0.2) is 53.4 Å². The first-order chi connectivity index (χ1) is 14.3. The summed E-state index contributed by atoms with van der Waals surface area (Å²) in [6, 6.07) is 14.2. The highest BCUT2D eigenvalue weighted by atomic mass is 32.2. The molecule has 0 fully saturated rings. The summed E-state index contributed by atoms with van der Waals surface area (Å²) in [4.78, 5) is 24.5. The van der Waals surface area contributed by atoms with E-state index in [4.69, 9.17) is 4.74 Å². The number of rotatable bonds is 7. The molecule has 1 amide bonds. The fourth-order valence-electron chi connectivity index (χ4n) is 2.97. The Morgan fingerprint density at radius 1 is 1.10 bits per heavy atom. The number of nitrogens with zero attached hydrogens (tertiary/aromatic N) is 1. The normalized spacial score (nSPS) is 11.6. The molecular formula is C21H22N2O5S2. The molecule has 1 heterocycles. The molecule has 0 bridgehead atoms. The van der Waals surface area contributed by atoms with Crippen LogP contribution in [-0.2, 0) is 26.0 Å². The van der Waals surface area contributed by atoms with Crippen LogP contribution in [-0.4, -0.2) is 45.3 Å². The number of nitrogens with one attached hydrogen (secondary N) is 1. The molecule has 3 rings (SSSR count). The number of amides is 1. The van der Waals surface area contributed by atoms with E-state index in [2.05, 4.69) is 5.32 Å². The van der Waals surface area contributed by atoms with E-state index >= 15 is 0 Å². The molecule has 0 atom stereocenters. The fourth-order valence-corrected chi connectivity index (χ4v) is 5.87. The van der Waals surface area contributed by atoms with Crippen LogP contribution in [0.5, 0.6) is 0 Å². The second kappa shape index (κ2) is 8.95. The van der Waals surface area contributed by atoms with Gasteiger partial charge < -0.3 is 10.1 Å². The van der Waals surface area contributed by atoms with E-state index in [-0.39, 0.29) is 9.77 Å². The Kier molecular flexibility index (Phi) is 6.55. The molecule has 1 aromatic heterocycles. The Bertz CT molecular complexity index is 1180. The molecule has 2 aromatic carbocycles. The van der Waals surface area contributed by atoms with Crippen molar-refractivity contribution in [3.63, 3.8) is 0 Å². The van der Waals surface area contributed by atoms with Crippen molar-refractivity contribution in [3.8, 4) is 0 Å². The van der Waals surface area contributed by atoms with Crippen molar-refractivity contribution in [2.24, 2.45) is 0 Å². The van der Waals surface area contributed by atoms with Crippen LogP contribution in [0.25, 0.3) is 10.1 Å². The molecule has 0 saturated heterocycles. The summed E-state index contributed by atoms with van der Waals surface area (Å²) in [5.74, 6) is -1.21. The summed E-state index contributed by atoms with van der Waals surface area (Å²) in [6.07, 6.45) is 0.881. The van der Waals surface area contributed by atoms with E-state index in [1.165, 1.54) is 14.2 Å². The summed E-state index contributed by atoms with van der Waals surface area (Å²) in [5, 5.41) is 3.11. The third-order valence-electron chi connectivity index (χ3n) is 4.60. The van der Waals surface area contributed by atoms with Gasteiger partial charge in [-0.25, -0.2) is 13.2 Å². The highest BCUT2D eigenvalue weighted by Crippen LogP contribution is 2.36. The zero-order valence-corrected chi connectivity index (χ0v) is 18.5. The van der Waals surface area contributed by atoms with Gasteiger partial charge in [0.25, 0.3) is 0 Å². The minimum Gasteiger partial charge on any atom is -0.465 e. The molecule has 3 aromatic rings. The van der Waals surface area contributed by atoms with Gasteiger partial charge in [0.1, 0.15) is 9.77 Å². The first kappa shape index (κ1) is 21.9. The average molecular weight is 447 g/mol. The minimum absolute atomic E-state index is 0.0129. The number of anilines is 1. The van der Waals surface area contributed by atoms with E-state index in [9.17, 15) is 18.0 Å². The monoisotopic (exact) mass is 446 g/mol. The number of sulfonamides is 1. The lowest BCUT2D eigenvalue weighted by atomic mass is 10.1. The lowest BCUT2D eigenvalue weighted by molar-refractivity contribution is -0.116. The molecule has 158 valence electrons. The van der Waals surface area contributed by atoms with E-state index in [0.717, 1.165) is 27.6 Å². The SMILES string of the molecule is CCc1ccc(NC(=O)CN(C)S(=O)(=O)c2c(C(=O)OC)sc3ccccc23)cc1. The van der Waals surface area contributed by atoms with Gasteiger partial charge in [-0.3, -0.25) is 4.79 Å². The van der Waals surface area contributed by atoms with E-state index in [0.29, 0.717) is 15.8 Å². The number of likely N-dealkylation sites (N-methyl/N-ethyl adjacent to an activating group) is 1. The number of benzene rings is 2. The third kappa shape index (κ3) is 4.38. The van der Waals surface area contributed by atoms with Crippen LogP contribution >= 0.6 is 11.3 Å². The van der Waals surface area contributed by atoms with E-state index < -0.39 is 28.4 Å². The Balaban J connectivity index is 1.87. The van der Waals surface area contributed by atoms with Crippen molar-refractivity contribution in [3.05, 3.63) is 59.0 Å². The summed E-state index contributed by atoms with van der Waals surface area (Å²) < 4.78 is 32.9. The molecule has 0 spiro atoms. The number of fused-ring (bicyclic) bond motifs is 1. The largest absolute Gasteiger partial charge is 0.465 e. The predicted octanol–water partition coefficient (Wildman–Crippen LogP) is 3.51. The Hall–Kier alpha value is -2.75. The smallest absolute Gasteiger partial charge is 0.349 e. The summed E-state index contributed by atoms with van der Waals surface area (Å²) in [7, 11) is -1.62. The van der Waals surface area contributed by atoms with Gasteiger partial charge in [-0.05, 0) is 30.2 Å². The number of aryl methyl sites for hydroxylation is 1. The van der Waals surface area contributed by atoms with Crippen LogP contribution in [0.1, 0.15) is 22.2 Å². The number of thiophene rings is 1. The molecule has 0 aliphatic heterocycles. The highest BCUT2D eigenvalue weighted by Gasteiger charge is 2.32. The molecule has 0 saturated carbocycles. The van der Waals surface area contributed by atoms with Crippen molar-refractivity contribution < 1.29 is 22.7 Å². The van der Waals surface area contributed by atoms with Gasteiger partial charge in [-0.2, -0.15) is 4.31 Å². The summed E-state index contributed by atoms with van der Waals surface area (Å²) in [6.45, 7) is 1.63. The van der Waals surface area contributed by atoms with Gasteiger partial charge in [0.2, 0.25) is 15.9 Å². The Morgan fingerprint density at radius 3 is 2.40 bits per heavy atom. The van der Waals surface area contributed by atoms with Crippen LogP contribution in [0, 0.1) is 0 Å². The molecule has 0 unspecified atom stereocenters. The van der Waals surface area contributed by atoms with E-state index in [1.807, 2.05) is 19.1 Å². The second-order valence-electron chi connectivity index (χ2n) is 6.61. The van der Waals surface area contributed by atoms with Gasteiger partial charge in [-0.15, -0.1) is 11.3 Å². The first-order valence-corrected chi connectivity index (χ1v) is 11.5. The topological polar surface area (TPSA) is 92.8 Å². The maximum atomic E-state index is 13.3. The second-order valence-corrected chi connectivity index (χ2v) is 9.64. The minimum atomic E-state index is -4.12. The number of hydrogen-bond donors (Lipinski definition) is 1. The van der Waals surface area contributed by atoms with Crippen LogP contribution < -0.4 is 5.32 Å². The van der Waals surface area contributed by atoms with Crippen molar-refractivity contribution in [2.75, 3.05) is 26.0 Å². The number of esters is 1. The molecule has 0 aliphatic carbocycles. The van der Waals surface area contributed by atoms with E-state index in [1.54, 1.807) is 36.4 Å². The van der Waals surface area contributed by atoms with Crippen molar-refractivity contribution >= 4 is 49.0 Å². The molecule has 0 aliphatic rings. The molecule has 9 heteroatoms. The number of methoxy groups -OCH3 is 1. The van der Waals surface area contributed by atoms with Crippen molar-refractivity contribution in [1.29, 1.82) is 0 Å². The maximum Gasteiger partial charge on any atom is 0.349 e. The lowest BCUT2D eigenvalue weighted by Gasteiger charge is -2.17. The summed E-state index contributed by atoms with van der Waals surface area (Å²) >= 11 is 1.04. The molecular weight excluding hydrogens is 424 g/mol. The Labute approximate surface area is 179 Å². The van der Waals surface area contributed by atoms with Gasteiger partial charge in [-0.1, -0.05) is 37.3 Å².